The van der Waals surface area contributed by atoms with Crippen molar-refractivity contribution in [2.75, 3.05) is 12.4 Å². The van der Waals surface area contributed by atoms with Crippen LogP contribution in [0.5, 0.6) is 86.2 Å². The fourth-order valence-electron chi connectivity index (χ4n) is 7.25. The molecule has 6 unspecified atom stereocenters. The molecule has 19 nitrogen and oxygen atoms in total. The van der Waals surface area contributed by atoms with Gasteiger partial charge in [-0.3, -0.25) is 0 Å². The number of carbonyl (C=O) groups is 1. The molecule has 0 spiro atoms. The molecule has 59 heavy (non-hydrogen) atoms. The number of aromatic hydroxyl groups is 13. The maximum atomic E-state index is 13.7. The Morgan fingerprint density at radius 3 is 1.61 bits per heavy atom. The van der Waals surface area contributed by atoms with Gasteiger partial charge in [-0.1, -0.05) is 0 Å². The molecule has 2 aliphatic heterocycles. The van der Waals surface area contributed by atoms with Gasteiger partial charge in [-0.2, -0.15) is 0 Å². The van der Waals surface area contributed by atoms with E-state index in [2.05, 4.69) is 0 Å². The predicted molar refractivity (Wildman–Crippen MR) is 200 cm³/mol. The molecular weight excluding hydrogens is 804 g/mol. The number of phenolic OH excluding ortho intramolecular Hbond substituents is 13. The summed E-state index contributed by atoms with van der Waals surface area (Å²) < 4.78 is 18.3. The second-order valence-electron chi connectivity index (χ2n) is 13.6. The number of aliphatic hydroxyl groups is 2. The quantitative estimate of drug-likeness (QED) is 0.0783. The van der Waals surface area contributed by atoms with Gasteiger partial charge in [0.05, 0.1) is 28.9 Å². The Hall–Kier alpha value is -7.16. The maximum Gasteiger partial charge on any atom is 0.338 e. The smallest absolute Gasteiger partial charge is 0.338 e. The van der Waals surface area contributed by atoms with Crippen LogP contribution in [-0.4, -0.2) is 107 Å². The van der Waals surface area contributed by atoms with E-state index in [1.807, 2.05) is 0 Å². The molecule has 2 aliphatic rings. The van der Waals surface area contributed by atoms with E-state index in [0.717, 1.165) is 66.4 Å². The number of carbonyl (C=O) groups excluding carboxylic acids is 1. The van der Waals surface area contributed by atoms with Crippen LogP contribution in [0.15, 0.2) is 54.6 Å². The summed E-state index contributed by atoms with van der Waals surface area (Å²) >= 11 is 0.862. The zero-order valence-electron chi connectivity index (χ0n) is 29.8. The van der Waals surface area contributed by atoms with Crippen molar-refractivity contribution in [1.29, 1.82) is 0 Å². The lowest BCUT2D eigenvalue weighted by Gasteiger charge is -2.43. The standard InChI is InChI=1S/C39H34O19S/c40-1-2-59-38-28-18(44)11-17(43)27(29-26-16(42)9-15(41)10-25(26)56-34(33(29)54)12-3-19(45)30(51)20(46)4-12)36(28)57-35(13-5-21(47)31(52)22(48)6-13)37(38)58-39(55)14-7-23(49)32(53)24(50)8-14/h3-11,29,33-35,37-38,40-54H,1-2H2. The predicted octanol–water partition coefficient (Wildman–Crippen LogP) is 3.61. The van der Waals surface area contributed by atoms with Gasteiger partial charge in [-0.15, -0.1) is 11.8 Å². The minimum atomic E-state index is -1.93. The van der Waals surface area contributed by atoms with E-state index in [1.165, 1.54) is 0 Å². The first-order valence-corrected chi connectivity index (χ1v) is 18.3. The third-order valence-electron chi connectivity index (χ3n) is 9.85. The number of rotatable bonds is 8. The molecule has 0 bridgehead atoms. The molecule has 5 aromatic rings. The molecule has 0 fully saturated rings. The fourth-order valence-corrected chi connectivity index (χ4v) is 8.40. The number of aliphatic hydroxyl groups excluding tert-OH is 2. The van der Waals surface area contributed by atoms with E-state index in [-0.39, 0.29) is 33.8 Å². The van der Waals surface area contributed by atoms with Crippen molar-refractivity contribution in [2.45, 2.75) is 35.6 Å². The molecule has 0 radical (unpaired) electrons. The number of ether oxygens (including phenoxy) is 3. The molecule has 15 N–H and O–H groups in total. The minimum absolute atomic E-state index is 0.133. The van der Waals surface area contributed by atoms with Gasteiger partial charge in [0.15, 0.2) is 70.1 Å². The Morgan fingerprint density at radius 2 is 1.07 bits per heavy atom. The Labute approximate surface area is 334 Å². The average Bonchev–Trinajstić information content (AvgIpc) is 3.17. The Kier molecular flexibility index (Phi) is 10.2. The van der Waals surface area contributed by atoms with Gasteiger partial charge in [-0.05, 0) is 36.4 Å². The Bertz CT molecular complexity index is 2440. The maximum absolute atomic E-state index is 13.7. The lowest BCUT2D eigenvalue weighted by atomic mass is 9.77. The van der Waals surface area contributed by atoms with Crippen LogP contribution in [0.4, 0.5) is 0 Å². The monoisotopic (exact) mass is 838 g/mol. The third-order valence-corrected chi connectivity index (χ3v) is 11.1. The van der Waals surface area contributed by atoms with Crippen molar-refractivity contribution in [3.63, 3.8) is 0 Å². The Balaban J connectivity index is 1.48. The molecule has 310 valence electrons. The summed E-state index contributed by atoms with van der Waals surface area (Å²) in [4.78, 5) is 13.7. The number of benzene rings is 5. The molecule has 20 heteroatoms. The van der Waals surface area contributed by atoms with Crippen LogP contribution in [0, 0.1) is 0 Å². The van der Waals surface area contributed by atoms with Crippen molar-refractivity contribution >= 4 is 17.7 Å². The molecule has 0 saturated carbocycles. The lowest BCUT2D eigenvalue weighted by molar-refractivity contribution is -0.0224. The summed E-state index contributed by atoms with van der Waals surface area (Å²) in [5.41, 5.74) is -1.77. The lowest BCUT2D eigenvalue weighted by Crippen LogP contribution is -2.39. The van der Waals surface area contributed by atoms with Gasteiger partial charge in [0.25, 0.3) is 0 Å². The van der Waals surface area contributed by atoms with Crippen molar-refractivity contribution in [3.8, 4) is 86.2 Å². The molecule has 0 saturated heterocycles. The molecule has 0 aromatic heterocycles. The van der Waals surface area contributed by atoms with E-state index in [1.54, 1.807) is 0 Å². The van der Waals surface area contributed by atoms with Gasteiger partial charge in [0.2, 0.25) is 0 Å². The zero-order valence-corrected chi connectivity index (χ0v) is 30.6. The van der Waals surface area contributed by atoms with Gasteiger partial charge in [0, 0.05) is 46.2 Å². The summed E-state index contributed by atoms with van der Waals surface area (Å²) in [6, 6.07) is 8.06. The molecule has 0 aliphatic carbocycles. The average molecular weight is 839 g/mol. The van der Waals surface area contributed by atoms with Crippen LogP contribution in [-0.2, 0) is 4.74 Å². The van der Waals surface area contributed by atoms with E-state index < -0.39 is 140 Å². The van der Waals surface area contributed by atoms with Crippen LogP contribution in [0.25, 0.3) is 0 Å². The van der Waals surface area contributed by atoms with Crippen LogP contribution >= 0.6 is 11.8 Å². The topological polar surface area (TPSA) is 348 Å². The number of esters is 1. The second-order valence-corrected chi connectivity index (χ2v) is 14.8. The van der Waals surface area contributed by atoms with Crippen LogP contribution in [0.2, 0.25) is 0 Å². The molecule has 2 heterocycles. The van der Waals surface area contributed by atoms with Crippen LogP contribution < -0.4 is 9.47 Å². The van der Waals surface area contributed by atoms with E-state index in [0.29, 0.717) is 0 Å². The van der Waals surface area contributed by atoms with Gasteiger partial charge in [-0.25, -0.2) is 4.79 Å². The zero-order chi connectivity index (χ0) is 42.8. The number of hydrogen-bond acceptors (Lipinski definition) is 20. The summed E-state index contributed by atoms with van der Waals surface area (Å²) in [6.07, 6.45) is -6.94. The molecule has 7 rings (SSSR count). The van der Waals surface area contributed by atoms with Crippen molar-refractivity contribution in [3.05, 3.63) is 88.0 Å². The number of fused-ring (bicyclic) bond motifs is 2. The van der Waals surface area contributed by atoms with Crippen molar-refractivity contribution in [1.82, 2.24) is 0 Å². The number of hydrogen-bond donors (Lipinski definition) is 15. The van der Waals surface area contributed by atoms with E-state index in [4.69, 9.17) is 14.2 Å². The highest BCUT2D eigenvalue weighted by Crippen LogP contribution is 2.61. The summed E-state index contributed by atoms with van der Waals surface area (Å²) in [5, 5.41) is 158. The molecular formula is C39H34O19S. The van der Waals surface area contributed by atoms with Crippen LogP contribution in [0.3, 0.4) is 0 Å². The largest absolute Gasteiger partial charge is 0.508 e. The molecule has 0 amide bonds. The highest BCUT2D eigenvalue weighted by molar-refractivity contribution is 7.99. The SMILES string of the molecule is O=C(OC1C(c2cc(O)c(O)c(O)c2)Oc2c(c(O)cc(O)c2C2c3c(O)cc(O)cc3OC(c3cc(O)c(O)c(O)c3)C2O)C1SCCO)c1cc(O)c(O)c(O)c1. The van der Waals surface area contributed by atoms with Crippen molar-refractivity contribution < 1.29 is 95.6 Å². The van der Waals surface area contributed by atoms with Gasteiger partial charge < -0.3 is 90.8 Å². The third kappa shape index (κ3) is 6.87. The van der Waals surface area contributed by atoms with Gasteiger partial charge >= 0.3 is 5.97 Å². The summed E-state index contributed by atoms with van der Waals surface area (Å²) in [5.74, 6) is -14.5. The first-order chi connectivity index (χ1) is 27.9. The number of phenols is 13. The summed E-state index contributed by atoms with van der Waals surface area (Å²) in [6.45, 7) is -0.494. The number of thioether (sulfide) groups is 1. The van der Waals surface area contributed by atoms with E-state index in [9.17, 15) is 81.4 Å². The first kappa shape index (κ1) is 40.1. The van der Waals surface area contributed by atoms with Crippen LogP contribution in [0.1, 0.15) is 61.6 Å². The van der Waals surface area contributed by atoms with Crippen molar-refractivity contribution in [2.24, 2.45) is 0 Å². The van der Waals surface area contributed by atoms with E-state index >= 15 is 0 Å². The first-order valence-electron chi connectivity index (χ1n) is 17.3. The Morgan fingerprint density at radius 1 is 0.576 bits per heavy atom. The molecule has 5 aromatic carbocycles. The molecule has 6 atom stereocenters. The highest BCUT2D eigenvalue weighted by atomic mass is 32.2. The summed E-state index contributed by atoms with van der Waals surface area (Å²) in [7, 11) is 0. The normalized spacial score (nSPS) is 20.8. The second kappa shape index (κ2) is 15.0. The minimum Gasteiger partial charge on any atom is -0.508 e. The van der Waals surface area contributed by atoms with Gasteiger partial charge in [0.1, 0.15) is 40.6 Å². The fraction of sp³-hybridized carbons (Fsp3) is 0.205. The highest BCUT2D eigenvalue weighted by Gasteiger charge is 2.50.